The van der Waals surface area contributed by atoms with Gasteiger partial charge in [-0.2, -0.15) is 4.98 Å². The molecular formula is C22H19N5O6S. The van der Waals surface area contributed by atoms with Crippen LogP contribution < -0.4 is 16.2 Å². The Hall–Kier alpha value is -4.45. The van der Waals surface area contributed by atoms with E-state index in [4.69, 9.17) is 5.73 Å². The molecule has 0 aliphatic heterocycles. The second-order valence-corrected chi connectivity index (χ2v) is 8.53. The van der Waals surface area contributed by atoms with Gasteiger partial charge in [0.1, 0.15) is 12.2 Å². The number of carboxylic acids is 2. The van der Waals surface area contributed by atoms with Crippen LogP contribution in [-0.4, -0.2) is 49.6 Å². The molecule has 0 saturated heterocycles. The van der Waals surface area contributed by atoms with Gasteiger partial charge >= 0.3 is 11.9 Å². The van der Waals surface area contributed by atoms with Crippen LogP contribution in [0.15, 0.2) is 47.4 Å². The number of carbonyl (C=O) groups is 3. The molecule has 174 valence electrons. The third-order valence-electron chi connectivity index (χ3n) is 5.12. The van der Waals surface area contributed by atoms with E-state index in [0.29, 0.717) is 23.9 Å². The number of aryl methyl sites for hydroxylation is 2. The van der Waals surface area contributed by atoms with Gasteiger partial charge in [0.25, 0.3) is 11.5 Å². The van der Waals surface area contributed by atoms with E-state index in [1.165, 1.54) is 35.6 Å². The molecule has 0 aliphatic rings. The number of aromatic amines is 2. The van der Waals surface area contributed by atoms with Crippen LogP contribution in [0.4, 0.5) is 11.6 Å². The van der Waals surface area contributed by atoms with Crippen molar-refractivity contribution in [3.63, 3.8) is 0 Å². The number of thiophene rings is 1. The molecule has 0 unspecified atom stereocenters. The van der Waals surface area contributed by atoms with Crippen molar-refractivity contribution in [2.75, 3.05) is 17.2 Å². The van der Waals surface area contributed by atoms with E-state index in [9.17, 15) is 29.4 Å². The number of nitrogens with one attached hydrogen (secondary N) is 2. The number of aromatic nitrogens is 3. The number of benzene rings is 1. The number of anilines is 2. The molecule has 1 amide bonds. The monoisotopic (exact) mass is 481 g/mol. The van der Waals surface area contributed by atoms with Crippen molar-refractivity contribution in [1.29, 1.82) is 0 Å². The minimum absolute atomic E-state index is 0.00198. The lowest BCUT2D eigenvalue weighted by Crippen LogP contribution is -2.36. The van der Waals surface area contributed by atoms with Gasteiger partial charge in [0.05, 0.1) is 21.5 Å². The highest BCUT2D eigenvalue weighted by Gasteiger charge is 2.26. The fraction of sp³-hybridized carbons (Fsp3) is 0.136. The Kier molecular flexibility index (Phi) is 6.15. The highest BCUT2D eigenvalue weighted by Crippen LogP contribution is 2.26. The fourth-order valence-electron chi connectivity index (χ4n) is 3.63. The maximum Gasteiger partial charge on any atom is 0.337 e. The van der Waals surface area contributed by atoms with E-state index < -0.39 is 24.4 Å². The zero-order valence-corrected chi connectivity index (χ0v) is 18.4. The molecule has 0 saturated carbocycles. The van der Waals surface area contributed by atoms with Gasteiger partial charge in [0.15, 0.2) is 0 Å². The first-order chi connectivity index (χ1) is 16.2. The van der Waals surface area contributed by atoms with Crippen molar-refractivity contribution < 1.29 is 24.6 Å². The van der Waals surface area contributed by atoms with Crippen LogP contribution in [0, 0.1) is 0 Å². The summed E-state index contributed by atoms with van der Waals surface area (Å²) in [7, 11) is 0. The van der Waals surface area contributed by atoms with Crippen LogP contribution in [-0.2, 0) is 17.6 Å². The molecule has 34 heavy (non-hydrogen) atoms. The quantitative estimate of drug-likeness (QED) is 0.253. The van der Waals surface area contributed by atoms with Gasteiger partial charge in [-0.3, -0.25) is 24.3 Å². The second-order valence-electron chi connectivity index (χ2n) is 7.36. The zero-order chi connectivity index (χ0) is 24.4. The number of nitrogens with zero attached hydrogens (tertiary/aromatic N) is 2. The molecule has 0 atom stereocenters. The Labute approximate surface area is 195 Å². The molecule has 0 radical (unpaired) electrons. The number of fused-ring (bicyclic) bond motifs is 1. The lowest BCUT2D eigenvalue weighted by Gasteiger charge is -2.21. The predicted octanol–water partition coefficient (Wildman–Crippen LogP) is 2.11. The summed E-state index contributed by atoms with van der Waals surface area (Å²) >= 11 is 1.18. The Bertz CT molecular complexity index is 1470. The van der Waals surface area contributed by atoms with Gasteiger partial charge in [0.2, 0.25) is 5.95 Å². The molecule has 0 bridgehead atoms. The molecule has 0 spiro atoms. The molecule has 3 aromatic heterocycles. The first-order valence-corrected chi connectivity index (χ1v) is 10.9. The summed E-state index contributed by atoms with van der Waals surface area (Å²) in [6.07, 6.45) is 2.69. The Morgan fingerprint density at radius 3 is 2.59 bits per heavy atom. The second kappa shape index (κ2) is 9.19. The van der Waals surface area contributed by atoms with E-state index in [1.807, 2.05) is 0 Å². The van der Waals surface area contributed by atoms with E-state index in [-0.39, 0.29) is 27.6 Å². The maximum atomic E-state index is 13.2. The highest BCUT2D eigenvalue weighted by atomic mass is 32.1. The van der Waals surface area contributed by atoms with Crippen molar-refractivity contribution in [1.82, 2.24) is 15.0 Å². The van der Waals surface area contributed by atoms with Gasteiger partial charge in [-0.15, -0.1) is 11.3 Å². The van der Waals surface area contributed by atoms with Crippen LogP contribution in [0.2, 0.25) is 0 Å². The van der Waals surface area contributed by atoms with E-state index >= 15 is 0 Å². The van der Waals surface area contributed by atoms with Gasteiger partial charge in [-0.05, 0) is 42.7 Å². The molecule has 4 aromatic rings. The first kappa shape index (κ1) is 22.7. The number of nitrogens with two attached hydrogens (primary N) is 1. The van der Waals surface area contributed by atoms with Crippen molar-refractivity contribution in [3.05, 3.63) is 73.8 Å². The van der Waals surface area contributed by atoms with Crippen LogP contribution in [0.1, 0.15) is 30.5 Å². The summed E-state index contributed by atoms with van der Waals surface area (Å²) in [4.78, 5) is 59.9. The number of nitrogen functional groups attached to an aromatic ring is 1. The minimum Gasteiger partial charge on any atom is -0.480 e. The van der Waals surface area contributed by atoms with Gasteiger partial charge in [-0.25, -0.2) is 4.79 Å². The van der Waals surface area contributed by atoms with Crippen molar-refractivity contribution in [3.8, 4) is 0 Å². The van der Waals surface area contributed by atoms with Crippen LogP contribution in [0.25, 0.3) is 11.0 Å². The smallest absolute Gasteiger partial charge is 0.337 e. The number of carbonyl (C=O) groups excluding carboxylic acids is 1. The third-order valence-corrected chi connectivity index (χ3v) is 6.25. The third kappa shape index (κ3) is 4.52. The minimum atomic E-state index is -1.27. The fourth-order valence-corrected chi connectivity index (χ4v) is 4.58. The first-order valence-electron chi connectivity index (χ1n) is 10.0. The number of H-pyrrole nitrogens is 2. The number of aliphatic carboxylic acids is 1. The van der Waals surface area contributed by atoms with E-state index in [2.05, 4.69) is 15.0 Å². The van der Waals surface area contributed by atoms with Crippen molar-refractivity contribution in [2.24, 2.45) is 0 Å². The predicted molar refractivity (Wildman–Crippen MR) is 126 cm³/mol. The number of rotatable bonds is 8. The number of amides is 1. The zero-order valence-electron chi connectivity index (χ0n) is 17.6. The number of hydrogen-bond acceptors (Lipinski definition) is 7. The number of carboxylic acid groups (broad SMARTS) is 2. The summed E-state index contributed by atoms with van der Waals surface area (Å²) in [6, 6.07) is 9.06. The molecule has 3 heterocycles. The Morgan fingerprint density at radius 1 is 1.09 bits per heavy atom. The van der Waals surface area contributed by atoms with Gasteiger partial charge in [-0.1, -0.05) is 12.1 Å². The molecule has 6 N–H and O–H groups in total. The van der Waals surface area contributed by atoms with E-state index in [0.717, 1.165) is 15.3 Å². The van der Waals surface area contributed by atoms with Crippen LogP contribution in [0.5, 0.6) is 0 Å². The molecule has 12 heteroatoms. The summed E-state index contributed by atoms with van der Waals surface area (Å²) in [5.41, 5.74) is 6.18. The molecule has 0 fully saturated rings. The highest BCUT2D eigenvalue weighted by molar-refractivity contribution is 7.14. The number of para-hydroxylation sites is 1. The maximum absolute atomic E-state index is 13.2. The molecule has 4 rings (SSSR count). The van der Waals surface area contributed by atoms with Crippen molar-refractivity contribution >= 4 is 51.9 Å². The number of hydrogen-bond donors (Lipinski definition) is 5. The SMILES string of the molecule is Nc1nc2[nH]cc(CCc3ccc(C(=O)N(CC(=O)O)c4ccccc4C(=O)O)s3)c2c(=O)[nH]1. The summed E-state index contributed by atoms with van der Waals surface area (Å²) in [5, 5.41) is 19.2. The lowest BCUT2D eigenvalue weighted by atomic mass is 10.1. The standard InChI is InChI=1S/C22H19N5O6S/c23-22-25-18-17(19(30)26-22)11(9-24-18)5-6-12-7-8-15(34-12)20(31)27(10-16(28)29)14-4-2-1-3-13(14)21(32)33/h1-4,7-9H,5-6,10H2,(H,28,29)(H,32,33)(H4,23,24,25,26,30). The summed E-state index contributed by atoms with van der Waals surface area (Å²) < 4.78 is 0. The largest absolute Gasteiger partial charge is 0.480 e. The average Bonchev–Trinajstić information content (AvgIpc) is 3.42. The summed E-state index contributed by atoms with van der Waals surface area (Å²) in [5.74, 6) is -3.14. The molecule has 1 aromatic carbocycles. The lowest BCUT2D eigenvalue weighted by molar-refractivity contribution is -0.135. The average molecular weight is 481 g/mol. The van der Waals surface area contributed by atoms with Crippen molar-refractivity contribution in [2.45, 2.75) is 12.8 Å². The molecule has 11 nitrogen and oxygen atoms in total. The Morgan fingerprint density at radius 2 is 1.85 bits per heavy atom. The van der Waals surface area contributed by atoms with Crippen LogP contribution in [0.3, 0.4) is 0 Å². The molecule has 0 aliphatic carbocycles. The van der Waals surface area contributed by atoms with Gasteiger partial charge in [0, 0.05) is 11.1 Å². The Balaban J connectivity index is 1.57. The van der Waals surface area contributed by atoms with E-state index in [1.54, 1.807) is 18.3 Å². The van der Waals surface area contributed by atoms with Crippen LogP contribution >= 0.6 is 11.3 Å². The topological polar surface area (TPSA) is 182 Å². The van der Waals surface area contributed by atoms with Gasteiger partial charge < -0.3 is 20.9 Å². The normalized spacial score (nSPS) is 10.9. The summed E-state index contributed by atoms with van der Waals surface area (Å²) in [6.45, 7) is -0.690. The number of aromatic carboxylic acids is 1. The molecular weight excluding hydrogens is 462 g/mol.